The molecule has 2 aliphatic rings. The van der Waals surface area contributed by atoms with Crippen LogP contribution in [0.5, 0.6) is 11.5 Å². The van der Waals surface area contributed by atoms with Gasteiger partial charge in [-0.1, -0.05) is 28.9 Å². The summed E-state index contributed by atoms with van der Waals surface area (Å²) in [4.78, 5) is 7.19. The van der Waals surface area contributed by atoms with E-state index in [0.29, 0.717) is 28.0 Å². The molecule has 4 aromatic rings. The minimum atomic E-state index is -1.24. The summed E-state index contributed by atoms with van der Waals surface area (Å²) in [5, 5.41) is 8.54. The molecule has 0 spiro atoms. The van der Waals surface area contributed by atoms with Crippen LogP contribution in [-0.4, -0.2) is 38.0 Å². The zero-order valence-electron chi connectivity index (χ0n) is 21.6. The van der Waals surface area contributed by atoms with Gasteiger partial charge >= 0.3 is 0 Å². The van der Waals surface area contributed by atoms with Crippen molar-refractivity contribution in [1.29, 1.82) is 0 Å². The summed E-state index contributed by atoms with van der Waals surface area (Å²) < 4.78 is 28.9. The Morgan fingerprint density at radius 3 is 2.66 bits per heavy atom. The monoisotopic (exact) mass is 533 g/mol. The number of hydrogen-bond donors (Lipinski definition) is 0. The number of hydrogen-bond acceptors (Lipinski definition) is 6. The molecule has 0 aliphatic carbocycles. The molecule has 0 saturated carbocycles. The van der Waals surface area contributed by atoms with E-state index in [0.717, 1.165) is 60.6 Å². The summed E-state index contributed by atoms with van der Waals surface area (Å²) in [6.07, 6.45) is 5.75. The predicted octanol–water partition coefficient (Wildman–Crippen LogP) is 6.00. The van der Waals surface area contributed by atoms with Crippen LogP contribution in [0.15, 0.2) is 54.9 Å². The number of ether oxygens (including phenoxy) is 2. The molecule has 38 heavy (non-hydrogen) atoms. The van der Waals surface area contributed by atoms with E-state index in [1.54, 1.807) is 23.7 Å². The fraction of sp³-hybridized carbons (Fsp3) is 0.345. The van der Waals surface area contributed by atoms with Gasteiger partial charge in [0.05, 0.1) is 17.5 Å². The van der Waals surface area contributed by atoms with E-state index in [-0.39, 0.29) is 0 Å². The van der Waals surface area contributed by atoms with E-state index in [9.17, 15) is 4.39 Å². The first-order valence-corrected chi connectivity index (χ1v) is 13.2. The average molecular weight is 534 g/mol. The van der Waals surface area contributed by atoms with Gasteiger partial charge in [0, 0.05) is 42.9 Å². The average Bonchev–Trinajstić information content (AvgIpc) is 3.48. The number of para-hydroxylation sites is 1. The van der Waals surface area contributed by atoms with Crippen molar-refractivity contribution in [2.45, 2.75) is 44.9 Å². The molecule has 1 fully saturated rings. The van der Waals surface area contributed by atoms with Gasteiger partial charge in [0.1, 0.15) is 11.5 Å². The highest BCUT2D eigenvalue weighted by atomic mass is 35.5. The number of aromatic nitrogens is 4. The Balaban J connectivity index is 1.13. The first-order valence-electron chi connectivity index (χ1n) is 12.8. The van der Waals surface area contributed by atoms with Crippen LogP contribution >= 0.6 is 11.6 Å². The lowest BCUT2D eigenvalue weighted by Crippen LogP contribution is -2.34. The number of rotatable bonds is 5. The summed E-state index contributed by atoms with van der Waals surface area (Å²) in [6.45, 7) is 6.55. The lowest BCUT2D eigenvalue weighted by Gasteiger charge is -2.32. The Morgan fingerprint density at radius 2 is 1.95 bits per heavy atom. The minimum absolute atomic E-state index is 0.326. The van der Waals surface area contributed by atoms with Gasteiger partial charge < -0.3 is 9.47 Å². The van der Waals surface area contributed by atoms with Crippen molar-refractivity contribution in [2.75, 3.05) is 13.1 Å². The molecule has 1 atom stereocenters. The minimum Gasteiger partial charge on any atom is -0.444 e. The Morgan fingerprint density at radius 1 is 1.13 bits per heavy atom. The second kappa shape index (κ2) is 9.67. The molecule has 0 unspecified atom stereocenters. The Hall–Kier alpha value is -3.49. The Labute approximate surface area is 226 Å². The fourth-order valence-corrected chi connectivity index (χ4v) is 5.60. The van der Waals surface area contributed by atoms with Crippen LogP contribution in [0.25, 0.3) is 11.3 Å². The normalized spacial score (nSPS) is 19.7. The van der Waals surface area contributed by atoms with Crippen LogP contribution in [0, 0.1) is 12.7 Å². The van der Waals surface area contributed by atoms with Gasteiger partial charge in [-0.2, -0.15) is 0 Å². The van der Waals surface area contributed by atoms with E-state index in [1.165, 1.54) is 6.07 Å². The molecule has 1 saturated heterocycles. The number of fused-ring (bicyclic) bond motifs is 1. The maximum atomic E-state index is 14.7. The van der Waals surface area contributed by atoms with Gasteiger partial charge in [-0.3, -0.25) is 14.6 Å². The molecule has 4 heterocycles. The number of piperidine rings is 1. The lowest BCUT2D eigenvalue weighted by atomic mass is 9.88. The third-order valence-electron chi connectivity index (χ3n) is 7.52. The molecule has 9 heteroatoms. The summed E-state index contributed by atoms with van der Waals surface area (Å²) in [5.74, 6) is -0.00887. The molecule has 0 amide bonds. The zero-order chi connectivity index (χ0) is 26.4. The zero-order valence-corrected chi connectivity index (χ0v) is 22.4. The van der Waals surface area contributed by atoms with Crippen molar-refractivity contribution in [3.63, 3.8) is 0 Å². The van der Waals surface area contributed by atoms with Gasteiger partial charge in [0.25, 0.3) is 5.79 Å². The molecule has 0 radical (unpaired) electrons. The van der Waals surface area contributed by atoms with Gasteiger partial charge in [0.2, 0.25) is 0 Å². The first kappa shape index (κ1) is 24.8. The number of halogens is 2. The second-order valence-corrected chi connectivity index (χ2v) is 10.7. The maximum Gasteiger partial charge on any atom is 0.278 e. The first-order chi connectivity index (χ1) is 18.3. The maximum absolute atomic E-state index is 14.7. The second-order valence-electron chi connectivity index (χ2n) is 10.3. The SMILES string of the molecule is Cc1cc(-c2cn(C)nn2)cnc1CN1CCC(c2cccc3c2O[C@](C)(c2ccc(Cl)cc2F)O3)CC1. The molecule has 196 valence electrons. The van der Waals surface area contributed by atoms with Crippen molar-refractivity contribution >= 4 is 11.6 Å². The van der Waals surface area contributed by atoms with Crippen LogP contribution in [0.1, 0.15) is 48.1 Å². The molecule has 2 aromatic heterocycles. The van der Waals surface area contributed by atoms with Crippen LogP contribution in [0.2, 0.25) is 5.02 Å². The van der Waals surface area contributed by atoms with Crippen molar-refractivity contribution in [3.8, 4) is 22.8 Å². The molecule has 2 aromatic carbocycles. The molecule has 7 nitrogen and oxygen atoms in total. The van der Waals surface area contributed by atoms with Crippen LogP contribution < -0.4 is 9.47 Å². The molecule has 0 N–H and O–H groups in total. The summed E-state index contributed by atoms with van der Waals surface area (Å²) in [5.41, 5.74) is 5.47. The highest BCUT2D eigenvalue weighted by Gasteiger charge is 2.42. The van der Waals surface area contributed by atoms with Gasteiger partial charge in [-0.25, -0.2) is 4.39 Å². The van der Waals surface area contributed by atoms with Gasteiger partial charge in [-0.15, -0.1) is 5.10 Å². The van der Waals surface area contributed by atoms with Gasteiger partial charge in [0.15, 0.2) is 11.5 Å². The van der Waals surface area contributed by atoms with Crippen LogP contribution in [0.4, 0.5) is 4.39 Å². The van der Waals surface area contributed by atoms with Crippen LogP contribution in [0.3, 0.4) is 0 Å². The standard InChI is InChI=1S/C29H29ClFN5O2/c1-18-13-20(26-16-35(3)34-33-26)15-32-25(18)17-36-11-9-19(10-12-36)22-5-4-6-27-28(22)38-29(2,37-27)23-8-7-21(30)14-24(23)31/h4-8,13-16,19H,9-12,17H2,1-3H3/t29-/m1/s1. The predicted molar refractivity (Wildman–Crippen MR) is 143 cm³/mol. The van der Waals surface area contributed by atoms with Gasteiger partial charge in [-0.05, 0) is 74.7 Å². The summed E-state index contributed by atoms with van der Waals surface area (Å²) in [7, 11) is 1.86. The Kier molecular flexibility index (Phi) is 6.32. The quantitative estimate of drug-likeness (QED) is 0.313. The number of benzene rings is 2. The van der Waals surface area contributed by atoms with E-state index in [4.69, 9.17) is 26.1 Å². The van der Waals surface area contributed by atoms with Crippen molar-refractivity contribution in [1.82, 2.24) is 24.9 Å². The van der Waals surface area contributed by atoms with Crippen molar-refractivity contribution < 1.29 is 13.9 Å². The highest BCUT2D eigenvalue weighted by Crippen LogP contribution is 2.49. The molecule has 2 aliphatic heterocycles. The van der Waals surface area contributed by atoms with Crippen molar-refractivity contribution in [3.05, 3.63) is 88.1 Å². The largest absolute Gasteiger partial charge is 0.444 e. The lowest BCUT2D eigenvalue weighted by molar-refractivity contribution is -0.0712. The number of likely N-dealkylation sites (tertiary alicyclic amines) is 1. The van der Waals surface area contributed by atoms with Crippen LogP contribution in [-0.2, 0) is 19.4 Å². The number of aryl methyl sites for hydroxylation is 2. The van der Waals surface area contributed by atoms with E-state index >= 15 is 0 Å². The number of nitrogens with zero attached hydrogens (tertiary/aromatic N) is 5. The molecular formula is C29H29ClFN5O2. The van der Waals surface area contributed by atoms with E-state index in [2.05, 4.69) is 34.3 Å². The topological polar surface area (TPSA) is 65.3 Å². The molecular weight excluding hydrogens is 505 g/mol. The van der Waals surface area contributed by atoms with Crippen molar-refractivity contribution in [2.24, 2.45) is 7.05 Å². The third-order valence-corrected chi connectivity index (χ3v) is 7.75. The van der Waals surface area contributed by atoms with E-state index < -0.39 is 11.6 Å². The smallest absolute Gasteiger partial charge is 0.278 e. The fourth-order valence-electron chi connectivity index (χ4n) is 5.44. The molecule has 6 rings (SSSR count). The molecule has 0 bridgehead atoms. The Bertz CT molecular complexity index is 1500. The van der Waals surface area contributed by atoms with E-state index in [1.807, 2.05) is 31.6 Å². The summed E-state index contributed by atoms with van der Waals surface area (Å²) >= 11 is 5.95. The number of pyridine rings is 1. The third kappa shape index (κ3) is 4.63. The summed E-state index contributed by atoms with van der Waals surface area (Å²) in [6, 6.07) is 12.7. The highest BCUT2D eigenvalue weighted by molar-refractivity contribution is 6.30.